The van der Waals surface area contributed by atoms with Gasteiger partial charge >= 0.3 is 0 Å². The number of hydrogen-bond acceptors (Lipinski definition) is 2. The van der Waals surface area contributed by atoms with E-state index in [1.165, 1.54) is 0 Å². The van der Waals surface area contributed by atoms with Gasteiger partial charge in [0.2, 0.25) is 0 Å². The smallest absolute Gasteiger partial charge is 0.268 e. The molecule has 1 aromatic rings. The summed E-state index contributed by atoms with van der Waals surface area (Å²) in [6, 6.07) is 0.186. The predicted molar refractivity (Wildman–Crippen MR) is 65.7 cm³/mol. The molecule has 1 aromatic heterocycles. The van der Waals surface area contributed by atoms with E-state index in [2.05, 4.69) is 16.5 Å². The SMILES string of the molecule is COCC(C)n1cc(C)c2c1=CC(Cl)C(=O)N=2. The third kappa shape index (κ3) is 2.15. The first kappa shape index (κ1) is 12.3. The number of amides is 1. The summed E-state index contributed by atoms with van der Waals surface area (Å²) >= 11 is 5.91. The van der Waals surface area contributed by atoms with Crippen LogP contribution in [0.25, 0.3) is 6.08 Å². The van der Waals surface area contributed by atoms with Crippen LogP contribution in [0.5, 0.6) is 0 Å². The Morgan fingerprint density at radius 2 is 2.35 bits per heavy atom. The number of aryl methyl sites for hydroxylation is 1. The minimum absolute atomic E-state index is 0.186. The molecule has 2 atom stereocenters. The predicted octanol–water partition coefficient (Wildman–Crippen LogP) is 0.552. The van der Waals surface area contributed by atoms with E-state index < -0.39 is 5.38 Å². The molecule has 0 bridgehead atoms. The lowest BCUT2D eigenvalue weighted by Crippen LogP contribution is -2.39. The maximum atomic E-state index is 11.5. The highest BCUT2D eigenvalue weighted by atomic mass is 35.5. The second kappa shape index (κ2) is 4.63. The second-order valence-electron chi connectivity index (χ2n) is 4.28. The van der Waals surface area contributed by atoms with Crippen LogP contribution in [0.2, 0.25) is 0 Å². The number of rotatable bonds is 3. The zero-order chi connectivity index (χ0) is 12.6. The summed E-state index contributed by atoms with van der Waals surface area (Å²) in [4.78, 5) is 15.5. The van der Waals surface area contributed by atoms with Crippen LogP contribution in [-0.4, -0.2) is 29.6 Å². The third-order valence-electron chi connectivity index (χ3n) is 2.87. The topological polar surface area (TPSA) is 43.6 Å². The maximum absolute atomic E-state index is 11.5. The van der Waals surface area contributed by atoms with Crippen molar-refractivity contribution in [2.45, 2.75) is 25.3 Å². The van der Waals surface area contributed by atoms with Crippen molar-refractivity contribution in [3.8, 4) is 0 Å². The highest BCUT2D eigenvalue weighted by molar-refractivity contribution is 6.34. The highest BCUT2D eigenvalue weighted by Crippen LogP contribution is 2.07. The first-order chi connectivity index (χ1) is 8.04. The van der Waals surface area contributed by atoms with E-state index in [0.717, 1.165) is 16.3 Å². The Morgan fingerprint density at radius 1 is 1.65 bits per heavy atom. The van der Waals surface area contributed by atoms with Crippen molar-refractivity contribution in [1.82, 2.24) is 4.57 Å². The number of alkyl halides is 1. The molecule has 1 aliphatic heterocycles. The van der Waals surface area contributed by atoms with Crippen molar-refractivity contribution >= 4 is 23.6 Å². The Labute approximate surface area is 105 Å². The minimum Gasteiger partial charge on any atom is -0.383 e. The molecule has 92 valence electrons. The van der Waals surface area contributed by atoms with Gasteiger partial charge in [0.25, 0.3) is 5.91 Å². The molecule has 2 heterocycles. The Bertz CT molecular complexity index is 562. The number of carbonyl (C=O) groups excluding carboxylic acids is 1. The third-order valence-corrected chi connectivity index (χ3v) is 3.18. The van der Waals surface area contributed by atoms with Gasteiger partial charge in [-0.2, -0.15) is 0 Å². The van der Waals surface area contributed by atoms with E-state index in [4.69, 9.17) is 16.3 Å². The van der Waals surface area contributed by atoms with Gasteiger partial charge in [-0.1, -0.05) is 0 Å². The van der Waals surface area contributed by atoms with Gasteiger partial charge in [0.1, 0.15) is 5.38 Å². The summed E-state index contributed by atoms with van der Waals surface area (Å²) in [5.74, 6) is -0.292. The molecule has 0 saturated heterocycles. The van der Waals surface area contributed by atoms with Crippen molar-refractivity contribution in [3.05, 3.63) is 22.5 Å². The van der Waals surface area contributed by atoms with Gasteiger partial charge in [-0.25, -0.2) is 4.99 Å². The fourth-order valence-corrected chi connectivity index (χ4v) is 2.21. The molecule has 4 nitrogen and oxygen atoms in total. The van der Waals surface area contributed by atoms with Crippen LogP contribution < -0.4 is 10.7 Å². The largest absolute Gasteiger partial charge is 0.383 e. The first-order valence-electron chi connectivity index (χ1n) is 5.49. The summed E-state index contributed by atoms with van der Waals surface area (Å²) in [5.41, 5.74) is 0.983. The summed E-state index contributed by atoms with van der Waals surface area (Å²) in [5, 5.41) is 0.979. The van der Waals surface area contributed by atoms with Crippen molar-refractivity contribution in [3.63, 3.8) is 0 Å². The number of nitrogens with zero attached hydrogens (tertiary/aromatic N) is 2. The number of ether oxygens (including phenoxy) is 1. The van der Waals surface area contributed by atoms with Crippen LogP contribution in [-0.2, 0) is 9.53 Å². The molecule has 1 amide bonds. The highest BCUT2D eigenvalue weighted by Gasteiger charge is 2.19. The number of methoxy groups -OCH3 is 1. The number of fused-ring (bicyclic) bond motifs is 1. The van der Waals surface area contributed by atoms with E-state index in [0.29, 0.717) is 6.61 Å². The molecule has 5 heteroatoms. The lowest BCUT2D eigenvalue weighted by Gasteiger charge is -2.14. The number of aromatic nitrogens is 1. The standard InChI is InChI=1S/C12H15ClN2O2/c1-7-5-15(8(2)6-17-3)10-4-9(13)12(16)14-11(7)10/h4-5,8-9H,6H2,1-3H3. The second-order valence-corrected chi connectivity index (χ2v) is 4.75. The number of carbonyl (C=O) groups is 1. The Balaban J connectivity index is 2.60. The Hall–Kier alpha value is -1.13. The molecular formula is C12H15ClN2O2. The minimum atomic E-state index is -0.662. The molecule has 0 aliphatic carbocycles. The summed E-state index contributed by atoms with van der Waals surface area (Å²) in [7, 11) is 1.67. The van der Waals surface area contributed by atoms with Crippen molar-refractivity contribution in [2.75, 3.05) is 13.7 Å². The van der Waals surface area contributed by atoms with Crippen LogP contribution in [0.3, 0.4) is 0 Å². The summed E-state index contributed by atoms with van der Waals surface area (Å²) < 4.78 is 7.20. The Morgan fingerprint density at radius 3 is 3.00 bits per heavy atom. The van der Waals surface area contributed by atoms with Crippen LogP contribution in [0.1, 0.15) is 18.5 Å². The first-order valence-corrected chi connectivity index (χ1v) is 5.93. The van der Waals surface area contributed by atoms with E-state index >= 15 is 0 Å². The van der Waals surface area contributed by atoms with Crippen molar-refractivity contribution < 1.29 is 9.53 Å². The van der Waals surface area contributed by atoms with Crippen molar-refractivity contribution in [1.29, 1.82) is 0 Å². The fraction of sp³-hybridized carbons (Fsp3) is 0.500. The van der Waals surface area contributed by atoms with Gasteiger partial charge in [-0.15, -0.1) is 11.6 Å². The summed E-state index contributed by atoms with van der Waals surface area (Å²) in [6.45, 7) is 4.60. The van der Waals surface area contributed by atoms with E-state index in [9.17, 15) is 4.79 Å². The zero-order valence-corrected chi connectivity index (χ0v) is 10.9. The van der Waals surface area contributed by atoms with E-state index in [-0.39, 0.29) is 11.9 Å². The Kier molecular flexibility index (Phi) is 3.35. The van der Waals surface area contributed by atoms with Gasteiger partial charge in [-0.3, -0.25) is 4.79 Å². The van der Waals surface area contributed by atoms with Gasteiger partial charge in [0.15, 0.2) is 0 Å². The fourth-order valence-electron chi connectivity index (χ4n) is 2.04. The van der Waals surface area contributed by atoms with Gasteiger partial charge in [0, 0.05) is 13.3 Å². The molecule has 1 aliphatic rings. The van der Waals surface area contributed by atoms with Gasteiger partial charge < -0.3 is 9.30 Å². The van der Waals surface area contributed by atoms with Crippen molar-refractivity contribution in [2.24, 2.45) is 4.99 Å². The average molecular weight is 255 g/mol. The molecule has 0 spiro atoms. The molecule has 0 fully saturated rings. The molecule has 2 unspecified atom stereocenters. The lowest BCUT2D eigenvalue weighted by molar-refractivity contribution is -0.116. The summed E-state index contributed by atoms with van der Waals surface area (Å²) in [6.07, 6.45) is 3.74. The molecule has 2 rings (SSSR count). The normalized spacial score (nSPS) is 20.5. The molecule has 0 saturated carbocycles. The average Bonchev–Trinajstić information content (AvgIpc) is 2.58. The monoisotopic (exact) mass is 254 g/mol. The molecule has 17 heavy (non-hydrogen) atoms. The molecule has 0 radical (unpaired) electrons. The molecule has 0 N–H and O–H groups in total. The van der Waals surface area contributed by atoms with Crippen LogP contribution in [0.4, 0.5) is 0 Å². The zero-order valence-electron chi connectivity index (χ0n) is 10.1. The van der Waals surface area contributed by atoms with E-state index in [1.807, 2.05) is 13.1 Å². The van der Waals surface area contributed by atoms with Gasteiger partial charge in [-0.05, 0) is 25.5 Å². The van der Waals surface area contributed by atoms with Crippen LogP contribution in [0.15, 0.2) is 11.2 Å². The lowest BCUT2D eigenvalue weighted by atomic mass is 10.2. The molecular weight excluding hydrogens is 240 g/mol. The van der Waals surface area contributed by atoms with Gasteiger partial charge in [0.05, 0.1) is 23.4 Å². The van der Waals surface area contributed by atoms with E-state index in [1.54, 1.807) is 13.2 Å². The van der Waals surface area contributed by atoms with Crippen LogP contribution in [0, 0.1) is 6.92 Å². The molecule has 0 aromatic carbocycles. The quantitative estimate of drug-likeness (QED) is 0.740. The number of hydrogen-bond donors (Lipinski definition) is 0. The number of halogens is 1. The maximum Gasteiger partial charge on any atom is 0.268 e. The van der Waals surface area contributed by atoms with Crippen LogP contribution >= 0.6 is 11.6 Å².